The molecule has 2 aromatic rings. The van der Waals surface area contributed by atoms with Gasteiger partial charge in [-0.2, -0.15) is 0 Å². The maximum absolute atomic E-state index is 10.1. The standard InChI is InChI=1S/C11H12N6O2/c18-10-11(19)17(9-6-13-2-4-15-9)7-16(10)8-5-12-1-3-14-8/h1-6,10-11,18-19H,7H2/t10-,11-/m1/s1. The topological polar surface area (TPSA) is 98.5 Å². The van der Waals surface area contributed by atoms with Crippen LogP contribution in [-0.2, 0) is 0 Å². The summed E-state index contributed by atoms with van der Waals surface area (Å²) >= 11 is 0. The molecule has 1 aliphatic rings. The summed E-state index contributed by atoms with van der Waals surface area (Å²) in [6, 6.07) is 0. The predicted octanol–water partition coefficient (Wildman–Crippen LogP) is -0.813. The van der Waals surface area contributed by atoms with Gasteiger partial charge in [-0.05, 0) is 0 Å². The number of hydrogen-bond acceptors (Lipinski definition) is 8. The Bertz CT molecular complexity index is 490. The molecule has 3 heterocycles. The van der Waals surface area contributed by atoms with Gasteiger partial charge in [-0.1, -0.05) is 0 Å². The Morgan fingerprint density at radius 2 is 1.32 bits per heavy atom. The third-order valence-electron chi connectivity index (χ3n) is 2.90. The summed E-state index contributed by atoms with van der Waals surface area (Å²) in [6.45, 7) is 0.250. The van der Waals surface area contributed by atoms with Crippen molar-refractivity contribution in [1.82, 2.24) is 19.9 Å². The van der Waals surface area contributed by atoms with Crippen LogP contribution in [0.15, 0.2) is 37.2 Å². The van der Waals surface area contributed by atoms with Crippen LogP contribution >= 0.6 is 0 Å². The Kier molecular flexibility index (Phi) is 2.94. The lowest BCUT2D eigenvalue weighted by Crippen LogP contribution is -2.37. The van der Waals surface area contributed by atoms with Crippen molar-refractivity contribution in [3.63, 3.8) is 0 Å². The van der Waals surface area contributed by atoms with Gasteiger partial charge in [-0.3, -0.25) is 9.97 Å². The minimum absolute atomic E-state index is 0.250. The number of hydrogen-bond donors (Lipinski definition) is 2. The van der Waals surface area contributed by atoms with Crippen LogP contribution in [0.1, 0.15) is 0 Å². The van der Waals surface area contributed by atoms with Crippen molar-refractivity contribution in [2.45, 2.75) is 12.5 Å². The van der Waals surface area contributed by atoms with Gasteiger partial charge in [-0.15, -0.1) is 0 Å². The van der Waals surface area contributed by atoms with Crippen LogP contribution in [0.4, 0.5) is 11.6 Å². The zero-order valence-electron chi connectivity index (χ0n) is 9.90. The maximum Gasteiger partial charge on any atom is 0.175 e. The largest absolute Gasteiger partial charge is 0.369 e. The van der Waals surface area contributed by atoms with Crippen LogP contribution in [0, 0.1) is 0 Å². The molecule has 0 radical (unpaired) electrons. The van der Waals surface area contributed by atoms with E-state index in [1.165, 1.54) is 34.6 Å². The fraction of sp³-hybridized carbons (Fsp3) is 0.273. The number of aromatic nitrogens is 4. The molecule has 0 bridgehead atoms. The van der Waals surface area contributed by atoms with Crippen molar-refractivity contribution >= 4 is 11.6 Å². The SMILES string of the molecule is O[C@@H]1[C@@H](O)N(c2cnccn2)CN1c1cnccn1. The van der Waals surface area contributed by atoms with E-state index in [9.17, 15) is 10.2 Å². The summed E-state index contributed by atoms with van der Waals surface area (Å²) in [7, 11) is 0. The summed E-state index contributed by atoms with van der Waals surface area (Å²) in [6.07, 6.45) is 6.99. The van der Waals surface area contributed by atoms with Crippen LogP contribution < -0.4 is 9.80 Å². The fourth-order valence-electron chi connectivity index (χ4n) is 1.95. The average Bonchev–Trinajstić information content (AvgIpc) is 2.77. The van der Waals surface area contributed by atoms with E-state index >= 15 is 0 Å². The highest BCUT2D eigenvalue weighted by Crippen LogP contribution is 2.25. The monoisotopic (exact) mass is 260 g/mol. The molecule has 2 atom stereocenters. The third kappa shape index (κ3) is 2.07. The normalized spacial score (nSPS) is 22.8. The quantitative estimate of drug-likeness (QED) is 0.723. The number of aliphatic hydroxyl groups is 2. The van der Waals surface area contributed by atoms with Crippen molar-refractivity contribution in [3.05, 3.63) is 37.2 Å². The van der Waals surface area contributed by atoms with Gasteiger partial charge in [0.1, 0.15) is 0 Å². The lowest BCUT2D eigenvalue weighted by Gasteiger charge is -2.19. The van der Waals surface area contributed by atoms with Crippen LogP contribution in [0.2, 0.25) is 0 Å². The van der Waals surface area contributed by atoms with E-state index in [1.54, 1.807) is 12.4 Å². The third-order valence-corrected chi connectivity index (χ3v) is 2.90. The van der Waals surface area contributed by atoms with Gasteiger partial charge < -0.3 is 20.0 Å². The smallest absolute Gasteiger partial charge is 0.175 e. The Hall–Kier alpha value is -2.32. The molecule has 1 saturated heterocycles. The van der Waals surface area contributed by atoms with Crippen molar-refractivity contribution in [3.8, 4) is 0 Å². The molecule has 19 heavy (non-hydrogen) atoms. The van der Waals surface area contributed by atoms with Crippen molar-refractivity contribution in [1.29, 1.82) is 0 Å². The summed E-state index contributed by atoms with van der Waals surface area (Å²) in [5.74, 6) is 0.973. The van der Waals surface area contributed by atoms with Crippen LogP contribution in [0.5, 0.6) is 0 Å². The van der Waals surface area contributed by atoms with Crippen LogP contribution in [0.3, 0.4) is 0 Å². The average molecular weight is 260 g/mol. The van der Waals surface area contributed by atoms with Gasteiger partial charge in [-0.25, -0.2) is 9.97 Å². The van der Waals surface area contributed by atoms with Gasteiger partial charge in [0.15, 0.2) is 24.1 Å². The molecule has 0 saturated carbocycles. The lowest BCUT2D eigenvalue weighted by atomic mass is 10.4. The van der Waals surface area contributed by atoms with E-state index in [-0.39, 0.29) is 6.67 Å². The zero-order chi connectivity index (χ0) is 13.2. The van der Waals surface area contributed by atoms with Crippen LogP contribution in [0.25, 0.3) is 0 Å². The molecule has 2 aromatic heterocycles. The second-order valence-corrected chi connectivity index (χ2v) is 4.04. The molecule has 8 nitrogen and oxygen atoms in total. The number of nitrogens with zero attached hydrogens (tertiary/aromatic N) is 6. The molecule has 0 spiro atoms. The van der Waals surface area contributed by atoms with Gasteiger partial charge in [0.05, 0.1) is 19.1 Å². The molecule has 1 aliphatic heterocycles. The molecule has 0 aromatic carbocycles. The van der Waals surface area contributed by atoms with Gasteiger partial charge >= 0.3 is 0 Å². The molecule has 8 heteroatoms. The fourth-order valence-corrected chi connectivity index (χ4v) is 1.95. The highest BCUT2D eigenvalue weighted by molar-refractivity contribution is 5.47. The van der Waals surface area contributed by atoms with Crippen molar-refractivity contribution < 1.29 is 10.2 Å². The molecule has 0 aliphatic carbocycles. The summed E-state index contributed by atoms with van der Waals surface area (Å²) in [4.78, 5) is 19.2. The molecule has 1 fully saturated rings. The molecular weight excluding hydrogens is 248 g/mol. The molecule has 0 unspecified atom stereocenters. The first-order valence-corrected chi connectivity index (χ1v) is 5.69. The number of aliphatic hydroxyl groups excluding tert-OH is 2. The summed E-state index contributed by atoms with van der Waals surface area (Å²) in [5, 5.41) is 20.1. The second kappa shape index (κ2) is 4.75. The van der Waals surface area contributed by atoms with E-state index in [2.05, 4.69) is 19.9 Å². The molecule has 2 N–H and O–H groups in total. The van der Waals surface area contributed by atoms with E-state index in [1.807, 2.05) is 0 Å². The van der Waals surface area contributed by atoms with E-state index in [0.717, 1.165) is 0 Å². The number of rotatable bonds is 2. The Labute approximate surface area is 109 Å². The zero-order valence-corrected chi connectivity index (χ0v) is 9.90. The highest BCUT2D eigenvalue weighted by Gasteiger charge is 2.39. The highest BCUT2D eigenvalue weighted by atomic mass is 16.4. The van der Waals surface area contributed by atoms with Crippen LogP contribution in [-0.4, -0.2) is 49.3 Å². The Balaban J connectivity index is 1.88. The maximum atomic E-state index is 10.1. The Morgan fingerprint density at radius 3 is 1.68 bits per heavy atom. The van der Waals surface area contributed by atoms with Gasteiger partial charge in [0, 0.05) is 24.8 Å². The lowest BCUT2D eigenvalue weighted by molar-refractivity contribution is 0.0454. The number of anilines is 2. The molecular formula is C11H12N6O2. The molecule has 3 rings (SSSR count). The molecule has 0 amide bonds. The van der Waals surface area contributed by atoms with Crippen molar-refractivity contribution in [2.24, 2.45) is 0 Å². The van der Waals surface area contributed by atoms with Crippen molar-refractivity contribution in [2.75, 3.05) is 16.5 Å². The van der Waals surface area contributed by atoms with Gasteiger partial charge in [0.25, 0.3) is 0 Å². The minimum Gasteiger partial charge on any atom is -0.369 e. The van der Waals surface area contributed by atoms with E-state index in [4.69, 9.17) is 0 Å². The Morgan fingerprint density at radius 1 is 0.842 bits per heavy atom. The summed E-state index contributed by atoms with van der Waals surface area (Å²) < 4.78 is 0. The van der Waals surface area contributed by atoms with Gasteiger partial charge in [0.2, 0.25) is 0 Å². The van der Waals surface area contributed by atoms with E-state index in [0.29, 0.717) is 11.6 Å². The first-order chi connectivity index (χ1) is 9.27. The second-order valence-electron chi connectivity index (χ2n) is 4.04. The summed E-state index contributed by atoms with van der Waals surface area (Å²) in [5.41, 5.74) is 0. The molecule has 98 valence electrons. The first-order valence-electron chi connectivity index (χ1n) is 5.69. The minimum atomic E-state index is -1.10. The first kappa shape index (κ1) is 11.8. The predicted molar refractivity (Wildman–Crippen MR) is 65.9 cm³/mol. The van der Waals surface area contributed by atoms with E-state index < -0.39 is 12.5 Å².